The third-order valence-electron chi connectivity index (χ3n) is 5.18. The topological polar surface area (TPSA) is 63.1 Å². The number of nitrogens with zero attached hydrogens (tertiary/aromatic N) is 4. The van der Waals surface area contributed by atoms with Crippen LogP contribution in [-0.2, 0) is 7.05 Å². The second-order valence-corrected chi connectivity index (χ2v) is 7.37. The minimum Gasteiger partial charge on any atom is -0.339 e. The maximum Gasteiger partial charge on any atom is 0.255 e. The molecule has 140 valence electrons. The van der Waals surface area contributed by atoms with E-state index in [2.05, 4.69) is 27.4 Å². The Morgan fingerprint density at radius 3 is 2.85 bits per heavy atom. The van der Waals surface area contributed by atoms with Crippen molar-refractivity contribution >= 4 is 17.5 Å². The molecule has 2 aliphatic rings. The maximum absolute atomic E-state index is 12.5. The highest BCUT2D eigenvalue weighted by Crippen LogP contribution is 2.25. The molecule has 1 unspecified atom stereocenters. The zero-order valence-corrected chi connectivity index (χ0v) is 15.9. The van der Waals surface area contributed by atoms with Crippen molar-refractivity contribution < 1.29 is 0 Å². The van der Waals surface area contributed by atoms with Crippen LogP contribution < -0.4 is 15.8 Å². The van der Waals surface area contributed by atoms with Crippen molar-refractivity contribution in [1.29, 1.82) is 0 Å². The van der Waals surface area contributed by atoms with Gasteiger partial charge in [0.1, 0.15) is 0 Å². The van der Waals surface area contributed by atoms with Crippen molar-refractivity contribution in [2.45, 2.75) is 12.5 Å². The summed E-state index contributed by atoms with van der Waals surface area (Å²) in [6.07, 6.45) is 10.5. The summed E-state index contributed by atoms with van der Waals surface area (Å²) in [6, 6.07) is 5.61. The molecular formula is C20H22ClN5O. The largest absolute Gasteiger partial charge is 0.339 e. The van der Waals surface area contributed by atoms with Crippen LogP contribution >= 0.6 is 11.6 Å². The molecule has 4 rings (SSSR count). The Labute approximate surface area is 163 Å². The summed E-state index contributed by atoms with van der Waals surface area (Å²) < 4.78 is 1.63. The quantitative estimate of drug-likeness (QED) is 0.881. The Kier molecular flexibility index (Phi) is 5.09. The summed E-state index contributed by atoms with van der Waals surface area (Å²) in [7, 11) is 1.78. The van der Waals surface area contributed by atoms with E-state index in [4.69, 9.17) is 16.6 Å². The van der Waals surface area contributed by atoms with Crippen LogP contribution in [0.25, 0.3) is 11.3 Å². The monoisotopic (exact) mass is 383 g/mol. The van der Waals surface area contributed by atoms with Crippen molar-refractivity contribution in [3.8, 4) is 11.3 Å². The third-order valence-corrected chi connectivity index (χ3v) is 5.46. The van der Waals surface area contributed by atoms with Crippen LogP contribution in [0.1, 0.15) is 6.42 Å². The van der Waals surface area contributed by atoms with Gasteiger partial charge in [0.25, 0.3) is 5.56 Å². The van der Waals surface area contributed by atoms with Gasteiger partial charge in [-0.1, -0.05) is 23.8 Å². The number of piperazine rings is 1. The second-order valence-electron chi connectivity index (χ2n) is 6.93. The minimum absolute atomic E-state index is 0.0610. The van der Waals surface area contributed by atoms with Gasteiger partial charge in [0.15, 0.2) is 0 Å². The number of rotatable bonds is 3. The Morgan fingerprint density at radius 1 is 1.30 bits per heavy atom. The first-order valence-electron chi connectivity index (χ1n) is 9.12. The van der Waals surface area contributed by atoms with Gasteiger partial charge < -0.3 is 10.2 Å². The molecule has 7 heteroatoms. The second kappa shape index (κ2) is 7.66. The van der Waals surface area contributed by atoms with E-state index in [0.717, 1.165) is 36.7 Å². The summed E-state index contributed by atoms with van der Waals surface area (Å²) in [6.45, 7) is 2.45. The number of anilines is 1. The number of hydrogen-bond acceptors (Lipinski definition) is 5. The van der Waals surface area contributed by atoms with E-state index >= 15 is 0 Å². The lowest BCUT2D eigenvalue weighted by Gasteiger charge is -2.38. The summed E-state index contributed by atoms with van der Waals surface area (Å²) in [5.41, 5.74) is 1.51. The molecule has 0 bridgehead atoms. The molecule has 2 aromatic rings. The molecule has 1 aliphatic heterocycles. The van der Waals surface area contributed by atoms with E-state index in [1.165, 1.54) is 0 Å². The molecule has 3 heterocycles. The molecule has 2 atom stereocenters. The molecule has 0 aromatic carbocycles. The van der Waals surface area contributed by atoms with Crippen LogP contribution in [0.4, 0.5) is 5.95 Å². The van der Waals surface area contributed by atoms with Crippen molar-refractivity contribution in [2.24, 2.45) is 13.0 Å². The minimum atomic E-state index is -0.0610. The molecule has 0 amide bonds. The molecule has 0 spiro atoms. The van der Waals surface area contributed by atoms with Gasteiger partial charge in [0.05, 0.1) is 5.69 Å². The van der Waals surface area contributed by atoms with Crippen LogP contribution in [0.15, 0.2) is 58.6 Å². The standard InChI is InChI=1S/C20H22ClN5O/c1-25-19(27)12-17(15-6-8-22-9-7-15)24-20(25)26-11-10-23-18(13-26)14-2-4-16(21)5-3-14/h2,4-9,12,14,18,23H,3,10-11,13H2,1H3/t14-,18?/m1/s1. The maximum atomic E-state index is 12.5. The number of allylic oxidation sites excluding steroid dienone is 3. The lowest BCUT2D eigenvalue weighted by molar-refractivity contribution is 0.371. The third kappa shape index (κ3) is 3.82. The van der Waals surface area contributed by atoms with E-state index in [9.17, 15) is 4.79 Å². The van der Waals surface area contributed by atoms with E-state index < -0.39 is 0 Å². The highest BCUT2D eigenvalue weighted by molar-refractivity contribution is 6.31. The number of pyridine rings is 1. The predicted molar refractivity (Wildman–Crippen MR) is 108 cm³/mol. The first kappa shape index (κ1) is 17.9. The number of hydrogen-bond donors (Lipinski definition) is 1. The van der Waals surface area contributed by atoms with Crippen molar-refractivity contribution in [3.05, 3.63) is 64.2 Å². The average Bonchev–Trinajstić information content (AvgIpc) is 2.71. The fourth-order valence-electron chi connectivity index (χ4n) is 3.64. The average molecular weight is 384 g/mol. The zero-order chi connectivity index (χ0) is 18.8. The predicted octanol–water partition coefficient (Wildman–Crippen LogP) is 2.32. The van der Waals surface area contributed by atoms with Gasteiger partial charge >= 0.3 is 0 Å². The van der Waals surface area contributed by atoms with Gasteiger partial charge in [-0.25, -0.2) is 4.98 Å². The normalized spacial score (nSPS) is 22.6. The molecule has 6 nitrogen and oxygen atoms in total. The zero-order valence-electron chi connectivity index (χ0n) is 15.2. The van der Waals surface area contributed by atoms with Crippen LogP contribution in [0, 0.1) is 5.92 Å². The van der Waals surface area contributed by atoms with Crippen LogP contribution in [0.2, 0.25) is 0 Å². The summed E-state index contributed by atoms with van der Waals surface area (Å²) in [4.78, 5) is 23.6. The molecule has 1 N–H and O–H groups in total. The molecule has 1 saturated heterocycles. The van der Waals surface area contributed by atoms with Gasteiger partial charge in [-0.15, -0.1) is 0 Å². The number of aromatic nitrogens is 3. The van der Waals surface area contributed by atoms with Crippen LogP contribution in [-0.4, -0.2) is 40.2 Å². The van der Waals surface area contributed by atoms with Gasteiger partial charge in [-0.2, -0.15) is 0 Å². The fourth-order valence-corrected chi connectivity index (χ4v) is 3.80. The molecule has 0 saturated carbocycles. The van der Waals surface area contributed by atoms with Crippen molar-refractivity contribution in [2.75, 3.05) is 24.5 Å². The van der Waals surface area contributed by atoms with Crippen LogP contribution in [0.3, 0.4) is 0 Å². The van der Waals surface area contributed by atoms with Gasteiger partial charge in [0, 0.05) is 61.8 Å². The van der Waals surface area contributed by atoms with Crippen molar-refractivity contribution in [1.82, 2.24) is 19.9 Å². The highest BCUT2D eigenvalue weighted by Gasteiger charge is 2.28. The van der Waals surface area contributed by atoms with Crippen molar-refractivity contribution in [3.63, 3.8) is 0 Å². The van der Waals surface area contributed by atoms with Gasteiger partial charge in [-0.3, -0.25) is 14.3 Å². The smallest absolute Gasteiger partial charge is 0.255 e. The Morgan fingerprint density at radius 2 is 2.11 bits per heavy atom. The lowest BCUT2D eigenvalue weighted by Crippen LogP contribution is -2.54. The summed E-state index contributed by atoms with van der Waals surface area (Å²) in [5, 5.41) is 4.39. The van der Waals surface area contributed by atoms with Gasteiger partial charge in [0.2, 0.25) is 5.95 Å². The number of halogens is 1. The van der Waals surface area contributed by atoms with E-state index in [1.807, 2.05) is 18.2 Å². The Balaban J connectivity index is 1.61. The molecule has 0 radical (unpaired) electrons. The van der Waals surface area contributed by atoms with E-state index in [0.29, 0.717) is 17.6 Å². The fraction of sp³-hybridized carbons (Fsp3) is 0.350. The van der Waals surface area contributed by atoms with E-state index in [-0.39, 0.29) is 11.6 Å². The Bertz CT molecular complexity index is 937. The SMILES string of the molecule is Cn1c(N2CCNC([C@@H]3C=CC(Cl)=CC3)C2)nc(-c2ccncc2)cc1=O. The molecule has 1 aliphatic carbocycles. The van der Waals surface area contributed by atoms with Gasteiger partial charge in [-0.05, 0) is 30.5 Å². The van der Waals surface area contributed by atoms with Crippen LogP contribution in [0.5, 0.6) is 0 Å². The van der Waals surface area contributed by atoms with E-state index in [1.54, 1.807) is 30.1 Å². The first-order chi connectivity index (χ1) is 13.1. The molecular weight excluding hydrogens is 362 g/mol. The first-order valence-corrected chi connectivity index (χ1v) is 9.50. The molecule has 1 fully saturated rings. The number of nitrogens with one attached hydrogen (secondary N) is 1. The lowest BCUT2D eigenvalue weighted by atomic mass is 9.91. The Hall–Kier alpha value is -2.44. The summed E-state index contributed by atoms with van der Waals surface area (Å²) in [5.74, 6) is 1.09. The molecule has 27 heavy (non-hydrogen) atoms. The highest BCUT2D eigenvalue weighted by atomic mass is 35.5. The summed E-state index contributed by atoms with van der Waals surface area (Å²) >= 11 is 6.05. The molecule has 2 aromatic heterocycles.